The summed E-state index contributed by atoms with van der Waals surface area (Å²) in [5.74, 6) is -1.65. The van der Waals surface area contributed by atoms with E-state index in [0.717, 1.165) is 0 Å². The number of ether oxygens (including phenoxy) is 1. The molecule has 0 fully saturated rings. The molecule has 0 aromatic heterocycles. The number of aliphatic hydroxyl groups is 1. The van der Waals surface area contributed by atoms with Crippen LogP contribution in [0.5, 0.6) is 5.75 Å². The Labute approximate surface area is 173 Å². The molecule has 0 radical (unpaired) electrons. The van der Waals surface area contributed by atoms with Crippen molar-refractivity contribution in [2.24, 2.45) is 5.10 Å². The first-order chi connectivity index (χ1) is 14.5. The average molecular weight is 403 g/mol. The molecule has 152 valence electrons. The van der Waals surface area contributed by atoms with Crippen LogP contribution in [0.1, 0.15) is 16.7 Å². The predicted molar refractivity (Wildman–Crippen MR) is 109 cm³/mol. The van der Waals surface area contributed by atoms with Gasteiger partial charge >= 0.3 is 0 Å². The Kier molecular flexibility index (Phi) is 6.56. The average Bonchev–Trinajstić information content (AvgIpc) is 2.79. The number of carbonyl (C=O) groups excluding carboxylic acids is 2. The Balaban J connectivity index is 1.74. The molecule has 0 unspecified atom stereocenters. The molecule has 3 aromatic rings. The Morgan fingerprint density at radius 1 is 0.933 bits per heavy atom. The zero-order valence-corrected chi connectivity index (χ0v) is 15.9. The van der Waals surface area contributed by atoms with E-state index in [4.69, 9.17) is 4.74 Å². The zero-order valence-electron chi connectivity index (χ0n) is 15.9. The van der Waals surface area contributed by atoms with Crippen molar-refractivity contribution in [3.63, 3.8) is 0 Å². The number of rotatable bonds is 8. The molecule has 3 aromatic carbocycles. The summed E-state index contributed by atoms with van der Waals surface area (Å²) >= 11 is 0. The van der Waals surface area contributed by atoms with Crippen LogP contribution < -0.4 is 15.3 Å². The van der Waals surface area contributed by atoms with Crippen LogP contribution in [-0.4, -0.2) is 29.8 Å². The number of hydrogen-bond acceptors (Lipinski definition) is 6. The highest BCUT2D eigenvalue weighted by Gasteiger charge is 2.39. The molecule has 7 heteroatoms. The van der Waals surface area contributed by atoms with Gasteiger partial charge in [-0.05, 0) is 41.0 Å². The number of carboxylic acids is 1. The third kappa shape index (κ3) is 4.89. The number of hydrogen-bond donors (Lipinski definition) is 2. The summed E-state index contributed by atoms with van der Waals surface area (Å²) in [5.41, 5.74) is 1.94. The molecule has 0 saturated carbocycles. The number of aliphatic carboxylic acids is 1. The van der Waals surface area contributed by atoms with E-state index >= 15 is 0 Å². The number of amides is 1. The topological polar surface area (TPSA) is 111 Å². The van der Waals surface area contributed by atoms with Crippen molar-refractivity contribution >= 4 is 18.1 Å². The summed E-state index contributed by atoms with van der Waals surface area (Å²) < 4.78 is 5.00. The van der Waals surface area contributed by atoms with Crippen molar-refractivity contribution in [1.82, 2.24) is 5.43 Å². The van der Waals surface area contributed by atoms with E-state index in [1.165, 1.54) is 6.21 Å². The third-order valence-corrected chi connectivity index (χ3v) is 4.33. The van der Waals surface area contributed by atoms with E-state index < -0.39 is 24.1 Å². The molecule has 7 nitrogen and oxygen atoms in total. The lowest BCUT2D eigenvalue weighted by atomic mass is 9.85. The molecule has 0 heterocycles. The number of hydrazone groups is 1. The van der Waals surface area contributed by atoms with Crippen LogP contribution in [0.3, 0.4) is 0 Å². The highest BCUT2D eigenvalue weighted by molar-refractivity contribution is 5.91. The van der Waals surface area contributed by atoms with Gasteiger partial charge in [0.2, 0.25) is 0 Å². The molecule has 0 atom stereocenters. The number of carbonyl (C=O) groups is 2. The fraction of sp³-hybridized carbons (Fsp3) is 0.0870. The zero-order chi connectivity index (χ0) is 21.4. The normalized spacial score (nSPS) is 11.2. The molecule has 0 aliphatic carbocycles. The Bertz CT molecular complexity index is 979. The second-order valence-electron chi connectivity index (χ2n) is 6.37. The van der Waals surface area contributed by atoms with Gasteiger partial charge in [0, 0.05) is 0 Å². The second kappa shape index (κ2) is 9.49. The fourth-order valence-electron chi connectivity index (χ4n) is 2.83. The molecule has 0 aliphatic rings. The number of nitrogens with one attached hydrogen (secondary N) is 1. The van der Waals surface area contributed by atoms with Gasteiger partial charge in [0.15, 0.2) is 5.60 Å². The molecular formula is C23H19N2O5-. The van der Waals surface area contributed by atoms with Crippen molar-refractivity contribution in [3.8, 4) is 5.75 Å². The quantitative estimate of drug-likeness (QED) is 0.434. The van der Waals surface area contributed by atoms with E-state index in [-0.39, 0.29) is 0 Å². The maximum absolute atomic E-state index is 12.9. The molecule has 30 heavy (non-hydrogen) atoms. The van der Waals surface area contributed by atoms with Crippen LogP contribution in [-0.2, 0) is 15.2 Å². The van der Waals surface area contributed by atoms with E-state index in [1.807, 2.05) is 0 Å². The summed E-state index contributed by atoms with van der Waals surface area (Å²) in [7, 11) is 0. The van der Waals surface area contributed by atoms with Crippen LogP contribution in [0.25, 0.3) is 0 Å². The summed E-state index contributed by atoms with van der Waals surface area (Å²) in [4.78, 5) is 23.3. The van der Waals surface area contributed by atoms with Crippen LogP contribution in [0.2, 0.25) is 0 Å². The number of nitrogens with zero attached hydrogens (tertiary/aromatic N) is 1. The fourth-order valence-corrected chi connectivity index (χ4v) is 2.83. The standard InChI is InChI=1S/C23H20N2O5/c26-21(27)16-30-20-13-11-17(12-14-20)15-24-25-22(28)23(29,18-7-3-1-4-8-18)19-9-5-2-6-10-19/h1-15,29H,16H2,(H,25,28)(H,26,27)/p-1/b24-15-. The smallest absolute Gasteiger partial charge is 0.281 e. The molecule has 0 bridgehead atoms. The van der Waals surface area contributed by atoms with E-state index in [1.54, 1.807) is 84.9 Å². The molecule has 3 rings (SSSR count). The first kappa shape index (κ1) is 20.8. The monoisotopic (exact) mass is 403 g/mol. The molecule has 2 N–H and O–H groups in total. The maximum atomic E-state index is 12.9. The Morgan fingerprint density at radius 3 is 1.97 bits per heavy atom. The first-order valence-corrected chi connectivity index (χ1v) is 9.10. The highest BCUT2D eigenvalue weighted by atomic mass is 16.5. The summed E-state index contributed by atoms with van der Waals surface area (Å²) in [6.07, 6.45) is 1.40. The van der Waals surface area contributed by atoms with E-state index in [0.29, 0.717) is 22.4 Å². The summed E-state index contributed by atoms with van der Waals surface area (Å²) in [6, 6.07) is 23.6. The van der Waals surface area contributed by atoms with Crippen molar-refractivity contribution < 1.29 is 24.5 Å². The van der Waals surface area contributed by atoms with Gasteiger partial charge in [-0.25, -0.2) is 5.43 Å². The van der Waals surface area contributed by atoms with Crippen LogP contribution in [0, 0.1) is 0 Å². The van der Waals surface area contributed by atoms with Crippen molar-refractivity contribution in [2.45, 2.75) is 5.60 Å². The molecule has 1 amide bonds. The number of benzene rings is 3. The minimum Gasteiger partial charge on any atom is -0.546 e. The van der Waals surface area contributed by atoms with Crippen molar-refractivity contribution in [2.75, 3.05) is 6.61 Å². The minimum atomic E-state index is -1.91. The van der Waals surface area contributed by atoms with E-state index in [9.17, 15) is 19.8 Å². The minimum absolute atomic E-state index is 0.364. The molecule has 0 spiro atoms. The lowest BCUT2D eigenvalue weighted by Gasteiger charge is -2.27. The van der Waals surface area contributed by atoms with E-state index in [2.05, 4.69) is 10.5 Å². The Hall–Kier alpha value is -3.97. The van der Waals surface area contributed by atoms with Gasteiger partial charge in [0.05, 0.1) is 12.2 Å². The largest absolute Gasteiger partial charge is 0.546 e. The van der Waals surface area contributed by atoms with Crippen LogP contribution in [0.4, 0.5) is 0 Å². The van der Waals surface area contributed by atoms with Gasteiger partial charge < -0.3 is 19.7 Å². The maximum Gasteiger partial charge on any atom is 0.281 e. The summed E-state index contributed by atoms with van der Waals surface area (Å²) in [6.45, 7) is -0.541. The third-order valence-electron chi connectivity index (χ3n) is 4.33. The molecule has 0 saturated heterocycles. The van der Waals surface area contributed by atoms with Crippen LogP contribution in [0.15, 0.2) is 90.0 Å². The van der Waals surface area contributed by atoms with Crippen LogP contribution >= 0.6 is 0 Å². The predicted octanol–water partition coefficient (Wildman–Crippen LogP) is 1.20. The highest BCUT2D eigenvalue weighted by Crippen LogP contribution is 2.29. The van der Waals surface area contributed by atoms with Crippen molar-refractivity contribution in [3.05, 3.63) is 102 Å². The summed E-state index contributed by atoms with van der Waals surface area (Å²) in [5, 5.41) is 25.7. The lowest BCUT2D eigenvalue weighted by molar-refractivity contribution is -0.307. The lowest BCUT2D eigenvalue weighted by Crippen LogP contribution is -2.43. The van der Waals surface area contributed by atoms with Crippen molar-refractivity contribution in [1.29, 1.82) is 0 Å². The second-order valence-corrected chi connectivity index (χ2v) is 6.37. The van der Waals surface area contributed by atoms with Gasteiger partial charge in [-0.1, -0.05) is 60.7 Å². The van der Waals surface area contributed by atoms with Gasteiger partial charge in [-0.15, -0.1) is 0 Å². The molecular weight excluding hydrogens is 384 g/mol. The Morgan fingerprint density at radius 2 is 1.47 bits per heavy atom. The van der Waals surface area contributed by atoms with Gasteiger partial charge in [0.25, 0.3) is 5.91 Å². The SMILES string of the molecule is O=C([O-])COc1ccc(/C=N\NC(=O)C(O)(c2ccccc2)c2ccccc2)cc1. The first-order valence-electron chi connectivity index (χ1n) is 9.10. The molecule has 0 aliphatic heterocycles. The number of carboxylic acid groups (broad SMARTS) is 1. The van der Waals surface area contributed by atoms with Gasteiger partial charge in [-0.2, -0.15) is 5.10 Å². The van der Waals surface area contributed by atoms with Gasteiger partial charge in [0.1, 0.15) is 12.4 Å². The van der Waals surface area contributed by atoms with Gasteiger partial charge in [-0.3, -0.25) is 4.79 Å².